The van der Waals surface area contributed by atoms with E-state index < -0.39 is 50.9 Å². The topological polar surface area (TPSA) is 126 Å². The zero-order valence-corrected chi connectivity index (χ0v) is 25.0. The van der Waals surface area contributed by atoms with Crippen molar-refractivity contribution < 1.29 is 36.3 Å². The maximum atomic E-state index is 14.3. The molecule has 0 radical (unpaired) electrons. The van der Waals surface area contributed by atoms with Gasteiger partial charge in [0.15, 0.2) is 5.03 Å². The minimum atomic E-state index is -4.75. The van der Waals surface area contributed by atoms with Crippen LogP contribution in [0.4, 0.5) is 13.2 Å². The maximum absolute atomic E-state index is 14.3. The number of carbonyl (C=O) groups is 2. The lowest BCUT2D eigenvalue weighted by atomic mass is 9.93. The van der Waals surface area contributed by atoms with Crippen molar-refractivity contribution in [2.24, 2.45) is 0 Å². The highest BCUT2D eigenvalue weighted by Gasteiger charge is 2.43. The van der Waals surface area contributed by atoms with Gasteiger partial charge in [0.1, 0.15) is 6.04 Å². The van der Waals surface area contributed by atoms with E-state index >= 15 is 0 Å². The van der Waals surface area contributed by atoms with Crippen molar-refractivity contribution >= 4 is 32.7 Å². The number of unbranched alkanes of at least 4 members (excludes halogenated alkanes) is 1. The second-order valence-electron chi connectivity index (χ2n) is 10.8. The lowest BCUT2D eigenvalue weighted by molar-refractivity contribution is -0.141. The van der Waals surface area contributed by atoms with Gasteiger partial charge in [0, 0.05) is 38.2 Å². The Bertz CT molecular complexity index is 1950. The number of carboxylic acid groups (broad SMARTS) is 1. The van der Waals surface area contributed by atoms with E-state index in [0.717, 1.165) is 39.3 Å². The molecule has 2 heterocycles. The van der Waals surface area contributed by atoms with E-state index in [-0.39, 0.29) is 48.4 Å². The minimum Gasteiger partial charge on any atom is -0.480 e. The van der Waals surface area contributed by atoms with Gasteiger partial charge in [-0.15, -0.1) is 0 Å². The summed E-state index contributed by atoms with van der Waals surface area (Å²) in [6, 6.07) is 16.4. The summed E-state index contributed by atoms with van der Waals surface area (Å²) in [6.07, 6.45) is -4.14. The first-order valence-electron chi connectivity index (χ1n) is 14.2. The highest BCUT2D eigenvalue weighted by molar-refractivity contribution is 7.89. The molecule has 0 bridgehead atoms. The number of nitrogens with zero attached hydrogens (tertiary/aromatic N) is 2. The molecule has 236 valence electrons. The Morgan fingerprint density at radius 1 is 0.978 bits per heavy atom. The maximum Gasteiger partial charge on any atom is 0.416 e. The van der Waals surface area contributed by atoms with E-state index in [4.69, 9.17) is 0 Å². The summed E-state index contributed by atoms with van der Waals surface area (Å²) in [5.41, 5.74) is -1.40. The molecule has 1 amide bonds. The molecule has 0 aliphatic carbocycles. The summed E-state index contributed by atoms with van der Waals surface area (Å²) in [7, 11) is -3.14. The number of fused-ring (bicyclic) bond motifs is 2. The monoisotopic (exact) mass is 641 g/mol. The number of hydrogen-bond acceptors (Lipinski definition) is 5. The molecule has 0 saturated heterocycles. The van der Waals surface area contributed by atoms with Crippen LogP contribution in [-0.4, -0.2) is 54.4 Å². The number of pyridine rings is 1. The molecule has 45 heavy (non-hydrogen) atoms. The Kier molecular flexibility index (Phi) is 8.86. The van der Waals surface area contributed by atoms with Crippen LogP contribution in [-0.2, 0) is 32.2 Å². The lowest BCUT2D eigenvalue weighted by Gasteiger charge is -2.35. The molecule has 9 nitrogen and oxygen atoms in total. The van der Waals surface area contributed by atoms with Crippen LogP contribution in [0.1, 0.15) is 42.0 Å². The number of alkyl halides is 3. The normalized spacial score (nSPS) is 16.3. The smallest absolute Gasteiger partial charge is 0.416 e. The van der Waals surface area contributed by atoms with Gasteiger partial charge in [0.2, 0.25) is 5.91 Å². The second kappa shape index (κ2) is 12.5. The number of aliphatic carboxylic acids is 1. The third kappa shape index (κ3) is 6.36. The molecular formula is C32H30F3N3O6S. The first-order valence-corrected chi connectivity index (χ1v) is 15.6. The number of benzene rings is 3. The third-order valence-corrected chi connectivity index (χ3v) is 9.83. The third-order valence-electron chi connectivity index (χ3n) is 7.93. The number of carbonyl (C=O) groups excluding carboxylic acids is 1. The number of sulfonamides is 1. The summed E-state index contributed by atoms with van der Waals surface area (Å²) in [5, 5.41) is 13.6. The Morgan fingerprint density at radius 2 is 1.69 bits per heavy atom. The summed E-state index contributed by atoms with van der Waals surface area (Å²) in [5.74, 6) is -1.72. The largest absolute Gasteiger partial charge is 0.480 e. The van der Waals surface area contributed by atoms with Crippen molar-refractivity contribution in [2.45, 2.75) is 42.9 Å². The zero-order chi connectivity index (χ0) is 32.5. The molecule has 1 aromatic heterocycles. The molecule has 1 atom stereocenters. The first-order chi connectivity index (χ1) is 21.3. The van der Waals surface area contributed by atoms with Gasteiger partial charge in [-0.05, 0) is 58.9 Å². The predicted molar refractivity (Wildman–Crippen MR) is 161 cm³/mol. The van der Waals surface area contributed by atoms with Gasteiger partial charge >= 0.3 is 12.1 Å². The number of hydrogen-bond donors (Lipinski definition) is 2. The van der Waals surface area contributed by atoms with Crippen molar-refractivity contribution in [1.82, 2.24) is 14.2 Å². The number of nitrogens with one attached hydrogen (secondary N) is 1. The molecule has 4 aromatic rings. The molecule has 13 heteroatoms. The van der Waals surface area contributed by atoms with Gasteiger partial charge in [0.05, 0.1) is 5.56 Å². The first kappa shape index (κ1) is 31.9. The van der Waals surface area contributed by atoms with Crippen molar-refractivity contribution in [3.63, 3.8) is 0 Å². The van der Waals surface area contributed by atoms with Crippen LogP contribution in [0.15, 0.2) is 82.6 Å². The molecule has 1 aliphatic heterocycles. The standard InChI is InChI=1S/C32H30F3N3O6S/c1-36-27(39)14-4-5-15-37-19-26(31(41)42)38-28(40)18-23(16-21-10-6-9-20-8-2-3-13-25(20)21)29(30(38)45(37,43)44)22-11-7-12-24(17-22)32(33,34)35/h2-3,6-13,17-18,26H,4-5,14-16,19H2,1H3,(H,36,39)(H,41,42). The molecule has 1 aliphatic rings. The Morgan fingerprint density at radius 3 is 2.40 bits per heavy atom. The van der Waals surface area contributed by atoms with E-state index in [9.17, 15) is 41.1 Å². The summed E-state index contributed by atoms with van der Waals surface area (Å²) >= 11 is 0. The minimum absolute atomic E-state index is 0.0185. The number of rotatable bonds is 9. The highest BCUT2D eigenvalue weighted by Crippen LogP contribution is 2.40. The number of carboxylic acids is 1. The van der Waals surface area contributed by atoms with Gasteiger partial charge in [-0.25, -0.2) is 13.2 Å². The van der Waals surface area contributed by atoms with Crippen molar-refractivity contribution in [3.05, 3.63) is 99.8 Å². The van der Waals surface area contributed by atoms with Crippen LogP contribution < -0.4 is 10.9 Å². The van der Waals surface area contributed by atoms with Crippen molar-refractivity contribution in [2.75, 3.05) is 20.1 Å². The van der Waals surface area contributed by atoms with E-state index in [1.165, 1.54) is 13.1 Å². The van der Waals surface area contributed by atoms with Gasteiger partial charge in [0.25, 0.3) is 15.6 Å². The number of amides is 1. The van der Waals surface area contributed by atoms with E-state index in [2.05, 4.69) is 5.32 Å². The summed E-state index contributed by atoms with van der Waals surface area (Å²) < 4.78 is 71.7. The van der Waals surface area contributed by atoms with Crippen LogP contribution in [0.25, 0.3) is 21.9 Å². The quantitative estimate of drug-likeness (QED) is 0.253. The average Bonchev–Trinajstić information content (AvgIpc) is 3.00. The van der Waals surface area contributed by atoms with Gasteiger partial charge in [-0.1, -0.05) is 54.6 Å². The zero-order valence-electron chi connectivity index (χ0n) is 24.2. The fourth-order valence-corrected chi connectivity index (χ4v) is 7.67. The molecule has 0 fully saturated rings. The van der Waals surface area contributed by atoms with E-state index in [1.54, 1.807) is 12.1 Å². The van der Waals surface area contributed by atoms with Crippen LogP contribution >= 0.6 is 0 Å². The molecule has 1 unspecified atom stereocenters. The highest BCUT2D eigenvalue weighted by atomic mass is 32.2. The Hall–Kier alpha value is -4.49. The molecule has 5 rings (SSSR count). The van der Waals surface area contributed by atoms with E-state index in [0.29, 0.717) is 16.6 Å². The second-order valence-corrected chi connectivity index (χ2v) is 12.7. The Labute approximate surface area is 257 Å². The van der Waals surface area contributed by atoms with Crippen LogP contribution in [0, 0.1) is 0 Å². The molecule has 2 N–H and O–H groups in total. The fourth-order valence-electron chi connectivity index (χ4n) is 5.74. The van der Waals surface area contributed by atoms with Crippen LogP contribution in [0.3, 0.4) is 0 Å². The Balaban J connectivity index is 1.75. The molecule has 0 saturated carbocycles. The van der Waals surface area contributed by atoms with Crippen LogP contribution in [0.2, 0.25) is 0 Å². The van der Waals surface area contributed by atoms with Gasteiger partial charge in [-0.3, -0.25) is 14.2 Å². The molecule has 3 aromatic carbocycles. The summed E-state index contributed by atoms with van der Waals surface area (Å²) in [6.45, 7) is -0.720. The SMILES string of the molecule is CNC(=O)CCCCN1CC(C(=O)O)n2c(c(-c3cccc(C(F)(F)F)c3)c(Cc3cccc4ccccc34)cc2=O)S1(=O)=O. The molecular weight excluding hydrogens is 611 g/mol. The van der Waals surface area contributed by atoms with E-state index in [1.807, 2.05) is 30.3 Å². The predicted octanol–water partition coefficient (Wildman–Crippen LogP) is 4.82. The number of aromatic nitrogens is 1. The summed E-state index contributed by atoms with van der Waals surface area (Å²) in [4.78, 5) is 37.7. The fraction of sp³-hybridized carbons (Fsp3) is 0.281. The van der Waals surface area contributed by atoms with Gasteiger partial charge in [-0.2, -0.15) is 17.5 Å². The average molecular weight is 642 g/mol. The van der Waals surface area contributed by atoms with Crippen LogP contribution in [0.5, 0.6) is 0 Å². The van der Waals surface area contributed by atoms with Crippen molar-refractivity contribution in [3.8, 4) is 11.1 Å². The van der Waals surface area contributed by atoms with Gasteiger partial charge < -0.3 is 10.4 Å². The molecule has 0 spiro atoms. The number of halogens is 3. The van der Waals surface area contributed by atoms with Crippen molar-refractivity contribution in [1.29, 1.82) is 0 Å². The lowest BCUT2D eigenvalue weighted by Crippen LogP contribution is -2.50.